The van der Waals surface area contributed by atoms with Gasteiger partial charge in [0.2, 0.25) is 0 Å². The molecule has 1 N–H and O–H groups in total. The van der Waals surface area contributed by atoms with Gasteiger partial charge in [-0.15, -0.1) is 0 Å². The third-order valence-electron chi connectivity index (χ3n) is 2.22. The number of carbonyl (C=O) groups is 2. The molecule has 4 nitrogen and oxygen atoms in total. The Morgan fingerprint density at radius 2 is 2.25 bits per heavy atom. The molecule has 12 heavy (non-hydrogen) atoms. The van der Waals surface area contributed by atoms with Crippen LogP contribution in [-0.2, 0) is 14.3 Å². The molecule has 0 aromatic heterocycles. The van der Waals surface area contributed by atoms with E-state index < -0.39 is 17.9 Å². The number of cyclic esters (lactones) is 1. The number of hydrogen-bond acceptors (Lipinski definition) is 3. The Labute approximate surface area is 70.5 Å². The Kier molecular flexibility index (Phi) is 2.35. The molecular weight excluding hydrogens is 160 g/mol. The van der Waals surface area contributed by atoms with Gasteiger partial charge in [-0.2, -0.15) is 0 Å². The fourth-order valence-electron chi connectivity index (χ4n) is 1.40. The first-order valence-electron chi connectivity index (χ1n) is 3.93. The molecular formula is C8H12O4. The number of carboxylic acid groups (broad SMARTS) is 1. The van der Waals surface area contributed by atoms with Gasteiger partial charge in [0.25, 0.3) is 0 Å². The minimum atomic E-state index is -1.07. The first-order chi connectivity index (χ1) is 5.54. The number of hydrogen-bond donors (Lipinski definition) is 1. The quantitative estimate of drug-likeness (QED) is 0.487. The van der Waals surface area contributed by atoms with Crippen LogP contribution in [0.2, 0.25) is 0 Å². The molecule has 68 valence electrons. The number of carboxylic acids is 1. The molecule has 1 fully saturated rings. The molecule has 0 saturated carbocycles. The van der Waals surface area contributed by atoms with Crippen LogP contribution in [0.3, 0.4) is 0 Å². The lowest BCUT2D eigenvalue weighted by molar-refractivity contribution is -0.152. The molecule has 0 aliphatic carbocycles. The molecule has 1 heterocycles. The first kappa shape index (κ1) is 9.03. The van der Waals surface area contributed by atoms with Crippen molar-refractivity contribution >= 4 is 11.9 Å². The van der Waals surface area contributed by atoms with Crippen molar-refractivity contribution in [2.75, 3.05) is 6.61 Å². The molecule has 0 aromatic rings. The van der Waals surface area contributed by atoms with E-state index in [9.17, 15) is 9.59 Å². The lowest BCUT2D eigenvalue weighted by Gasteiger charge is -2.14. The molecule has 2 atom stereocenters. The highest BCUT2D eigenvalue weighted by molar-refractivity contribution is 5.95. The van der Waals surface area contributed by atoms with E-state index in [1.54, 1.807) is 0 Å². The number of ether oxygens (including phenoxy) is 1. The van der Waals surface area contributed by atoms with Crippen LogP contribution in [0.4, 0.5) is 0 Å². The Hall–Kier alpha value is -1.06. The van der Waals surface area contributed by atoms with Crippen molar-refractivity contribution in [1.29, 1.82) is 0 Å². The van der Waals surface area contributed by atoms with Gasteiger partial charge >= 0.3 is 11.9 Å². The Morgan fingerprint density at radius 1 is 1.67 bits per heavy atom. The number of rotatable bonds is 2. The van der Waals surface area contributed by atoms with E-state index >= 15 is 0 Å². The molecule has 0 bridgehead atoms. The highest BCUT2D eigenvalue weighted by Gasteiger charge is 2.43. The van der Waals surface area contributed by atoms with E-state index in [4.69, 9.17) is 5.11 Å². The van der Waals surface area contributed by atoms with Crippen molar-refractivity contribution in [1.82, 2.24) is 0 Å². The van der Waals surface area contributed by atoms with E-state index in [0.29, 0.717) is 0 Å². The van der Waals surface area contributed by atoms with Crippen molar-refractivity contribution in [3.05, 3.63) is 0 Å². The monoisotopic (exact) mass is 172 g/mol. The van der Waals surface area contributed by atoms with Gasteiger partial charge in [-0.25, -0.2) is 0 Å². The molecule has 1 saturated heterocycles. The summed E-state index contributed by atoms with van der Waals surface area (Å²) in [6.07, 6.45) is 0. The summed E-state index contributed by atoms with van der Waals surface area (Å²) in [6, 6.07) is 0. The average molecular weight is 172 g/mol. The fraction of sp³-hybridized carbons (Fsp3) is 0.750. The minimum Gasteiger partial charge on any atom is -0.481 e. The maximum absolute atomic E-state index is 10.9. The first-order valence-corrected chi connectivity index (χ1v) is 3.93. The molecule has 0 amide bonds. The van der Waals surface area contributed by atoms with Gasteiger partial charge in [-0.1, -0.05) is 13.8 Å². The smallest absolute Gasteiger partial charge is 0.320 e. The average Bonchev–Trinajstić information content (AvgIpc) is 2.30. The summed E-state index contributed by atoms with van der Waals surface area (Å²) in [6.45, 7) is 4.03. The molecule has 1 aliphatic rings. The zero-order valence-electron chi connectivity index (χ0n) is 7.11. The van der Waals surface area contributed by atoms with Crippen LogP contribution in [0.25, 0.3) is 0 Å². The van der Waals surface area contributed by atoms with Gasteiger partial charge < -0.3 is 9.84 Å². The van der Waals surface area contributed by atoms with Gasteiger partial charge in [-0.05, 0) is 5.92 Å². The second kappa shape index (κ2) is 3.13. The summed E-state index contributed by atoms with van der Waals surface area (Å²) in [5.41, 5.74) is 0. The van der Waals surface area contributed by atoms with Gasteiger partial charge in [-0.3, -0.25) is 9.59 Å². The van der Waals surface area contributed by atoms with Gasteiger partial charge in [0.05, 0.1) is 6.61 Å². The summed E-state index contributed by atoms with van der Waals surface area (Å²) >= 11 is 0. The van der Waals surface area contributed by atoms with E-state index in [2.05, 4.69) is 4.74 Å². The normalized spacial score (nSPS) is 29.1. The summed E-state index contributed by atoms with van der Waals surface area (Å²) in [7, 11) is 0. The summed E-state index contributed by atoms with van der Waals surface area (Å²) in [5, 5.41) is 8.70. The van der Waals surface area contributed by atoms with Crippen LogP contribution in [0.1, 0.15) is 13.8 Å². The van der Waals surface area contributed by atoms with Crippen LogP contribution >= 0.6 is 0 Å². The predicted molar refractivity (Wildman–Crippen MR) is 40.4 cm³/mol. The summed E-state index contributed by atoms with van der Waals surface area (Å²) in [4.78, 5) is 21.6. The van der Waals surface area contributed by atoms with E-state index in [-0.39, 0.29) is 18.4 Å². The molecule has 0 aromatic carbocycles. The largest absolute Gasteiger partial charge is 0.481 e. The Morgan fingerprint density at radius 3 is 2.58 bits per heavy atom. The van der Waals surface area contributed by atoms with Crippen LogP contribution in [-0.4, -0.2) is 23.7 Å². The highest BCUT2D eigenvalue weighted by Crippen LogP contribution is 2.28. The molecule has 4 heteroatoms. The fourth-order valence-corrected chi connectivity index (χ4v) is 1.40. The van der Waals surface area contributed by atoms with E-state index in [0.717, 1.165) is 0 Å². The number of aliphatic carboxylic acids is 1. The third-order valence-corrected chi connectivity index (χ3v) is 2.22. The van der Waals surface area contributed by atoms with Crippen molar-refractivity contribution < 1.29 is 19.4 Å². The predicted octanol–water partition coefficient (Wildman–Crippen LogP) is 0.516. The molecule has 1 aliphatic heterocycles. The van der Waals surface area contributed by atoms with Gasteiger partial charge in [0, 0.05) is 5.92 Å². The van der Waals surface area contributed by atoms with Gasteiger partial charge in [0.1, 0.15) is 0 Å². The van der Waals surface area contributed by atoms with Crippen LogP contribution < -0.4 is 0 Å². The molecule has 0 unspecified atom stereocenters. The minimum absolute atomic E-state index is 0.164. The standard InChI is InChI=1S/C8H12O4/c1-4(2)5-3-12-8(11)6(5)7(9)10/h4-6H,3H2,1-2H3,(H,9,10)/t5-,6+/m0/s1. The maximum atomic E-state index is 10.9. The SMILES string of the molecule is CC(C)[C@@H]1COC(=O)[C@H]1C(=O)O. The number of esters is 1. The highest BCUT2D eigenvalue weighted by atomic mass is 16.5. The third kappa shape index (κ3) is 1.42. The summed E-state index contributed by atoms with van der Waals surface area (Å²) in [5.74, 6) is -2.63. The zero-order valence-corrected chi connectivity index (χ0v) is 7.11. The Bertz CT molecular complexity index is 209. The van der Waals surface area contributed by atoms with Gasteiger partial charge in [0.15, 0.2) is 5.92 Å². The summed E-state index contributed by atoms with van der Waals surface area (Å²) < 4.78 is 4.68. The lowest BCUT2D eigenvalue weighted by Crippen LogP contribution is -2.28. The van der Waals surface area contributed by atoms with Crippen molar-refractivity contribution in [2.24, 2.45) is 17.8 Å². The Balaban J connectivity index is 2.77. The molecule has 0 spiro atoms. The number of carbonyl (C=O) groups excluding carboxylic acids is 1. The van der Waals surface area contributed by atoms with E-state index in [1.165, 1.54) is 0 Å². The lowest BCUT2D eigenvalue weighted by atomic mass is 9.86. The second-order valence-electron chi connectivity index (χ2n) is 3.35. The second-order valence-corrected chi connectivity index (χ2v) is 3.35. The van der Waals surface area contributed by atoms with Crippen molar-refractivity contribution in [2.45, 2.75) is 13.8 Å². The van der Waals surface area contributed by atoms with E-state index in [1.807, 2.05) is 13.8 Å². The van der Waals surface area contributed by atoms with Crippen LogP contribution in [0.15, 0.2) is 0 Å². The molecule has 0 radical (unpaired) electrons. The molecule has 1 rings (SSSR count). The maximum Gasteiger partial charge on any atom is 0.320 e. The van der Waals surface area contributed by atoms with Crippen molar-refractivity contribution in [3.63, 3.8) is 0 Å². The zero-order chi connectivity index (χ0) is 9.30. The van der Waals surface area contributed by atoms with Crippen LogP contribution in [0, 0.1) is 17.8 Å². The van der Waals surface area contributed by atoms with Crippen LogP contribution in [0.5, 0.6) is 0 Å². The van der Waals surface area contributed by atoms with Crippen molar-refractivity contribution in [3.8, 4) is 0 Å². The topological polar surface area (TPSA) is 63.6 Å².